The minimum Gasteiger partial charge on any atom is -0.463 e. The van der Waals surface area contributed by atoms with E-state index in [2.05, 4.69) is 15.0 Å². The quantitative estimate of drug-likeness (QED) is 0.477. The smallest absolute Gasteiger partial charge is 0.442 e. The number of esters is 1. The number of alkyl halides is 3. The van der Waals surface area contributed by atoms with Crippen LogP contribution in [0.3, 0.4) is 0 Å². The molecule has 1 aromatic heterocycles. The Balaban J connectivity index is 2.51. The fourth-order valence-electron chi connectivity index (χ4n) is 2.82. The number of anilines is 1. The van der Waals surface area contributed by atoms with Crippen LogP contribution in [0.25, 0.3) is 10.2 Å². The first-order valence-corrected chi connectivity index (χ1v) is 10.1. The molecule has 0 unspecified atom stereocenters. The third kappa shape index (κ3) is 4.98. The van der Waals surface area contributed by atoms with Crippen LogP contribution in [0.2, 0.25) is 0 Å². The number of aromatic nitrogens is 1. The molecule has 0 spiro atoms. The Hall–Kier alpha value is -2.36. The van der Waals surface area contributed by atoms with Crippen LogP contribution < -0.4 is 10.6 Å². The lowest BCUT2D eigenvalue weighted by Gasteiger charge is -2.34. The van der Waals surface area contributed by atoms with E-state index in [0.29, 0.717) is 23.1 Å². The van der Waals surface area contributed by atoms with Gasteiger partial charge in [0.05, 0.1) is 16.8 Å². The molecule has 0 fully saturated rings. The lowest BCUT2D eigenvalue weighted by Crippen LogP contribution is -2.69. The number of aryl methyl sites for hydroxylation is 2. The second-order valence-corrected chi connectivity index (χ2v) is 7.72. The Kier molecular flexibility index (Phi) is 7.10. The van der Waals surface area contributed by atoms with Crippen molar-refractivity contribution in [2.24, 2.45) is 0 Å². The number of amides is 1. The number of hydrogen-bond donors (Lipinski definition) is 2. The van der Waals surface area contributed by atoms with Crippen molar-refractivity contribution in [3.05, 3.63) is 23.3 Å². The third-order valence-corrected chi connectivity index (χ3v) is 5.13. The molecule has 0 aliphatic rings. The molecule has 0 radical (unpaired) electrons. The van der Waals surface area contributed by atoms with Crippen LogP contribution in [0.5, 0.6) is 0 Å². The highest BCUT2D eigenvalue weighted by Gasteiger charge is 2.64. The zero-order valence-corrected chi connectivity index (χ0v) is 17.5. The SMILES string of the molecule is CCCCC(=O)N[C@@](Nc1nc2c(C)cc(C)cc2s1)(C(=O)OCC)C(F)(F)F. The number of nitrogens with one attached hydrogen (secondary N) is 2. The summed E-state index contributed by atoms with van der Waals surface area (Å²) in [4.78, 5) is 28.8. The molecular formula is C19H24F3N3O3S. The highest BCUT2D eigenvalue weighted by molar-refractivity contribution is 7.22. The summed E-state index contributed by atoms with van der Waals surface area (Å²) >= 11 is 0.968. The van der Waals surface area contributed by atoms with Crippen molar-refractivity contribution in [2.45, 2.75) is 58.8 Å². The molecule has 0 bridgehead atoms. The average Bonchev–Trinajstić information content (AvgIpc) is 3.01. The summed E-state index contributed by atoms with van der Waals surface area (Å²) in [7, 11) is 0. The van der Waals surface area contributed by atoms with Crippen molar-refractivity contribution >= 4 is 38.6 Å². The number of carbonyl (C=O) groups excluding carboxylic acids is 2. The second kappa shape index (κ2) is 8.98. The van der Waals surface area contributed by atoms with Crippen molar-refractivity contribution in [2.75, 3.05) is 11.9 Å². The van der Waals surface area contributed by atoms with Crippen molar-refractivity contribution < 1.29 is 27.5 Å². The van der Waals surface area contributed by atoms with Crippen molar-refractivity contribution in [1.82, 2.24) is 10.3 Å². The van der Waals surface area contributed by atoms with Gasteiger partial charge in [-0.3, -0.25) is 4.79 Å². The van der Waals surface area contributed by atoms with Gasteiger partial charge in [-0.05, 0) is 44.4 Å². The van der Waals surface area contributed by atoms with Gasteiger partial charge in [-0.15, -0.1) is 0 Å². The molecule has 6 nitrogen and oxygen atoms in total. The van der Waals surface area contributed by atoms with Crippen LogP contribution in [0.1, 0.15) is 44.2 Å². The van der Waals surface area contributed by atoms with E-state index < -0.39 is 23.7 Å². The molecule has 29 heavy (non-hydrogen) atoms. The summed E-state index contributed by atoms with van der Waals surface area (Å²) in [6, 6.07) is 3.66. The number of unbranched alkanes of at least 4 members (excludes halogenated alkanes) is 1. The third-order valence-electron chi connectivity index (χ3n) is 4.22. The van der Waals surface area contributed by atoms with Crippen LogP contribution in [-0.4, -0.2) is 35.3 Å². The normalized spacial score (nSPS) is 13.8. The molecule has 1 amide bonds. The number of ether oxygens (including phenoxy) is 1. The van der Waals surface area contributed by atoms with E-state index >= 15 is 0 Å². The lowest BCUT2D eigenvalue weighted by atomic mass is 10.1. The van der Waals surface area contributed by atoms with Crippen molar-refractivity contribution in [3.8, 4) is 0 Å². The maximum Gasteiger partial charge on any atom is 0.442 e. The predicted octanol–water partition coefficient (Wildman–Crippen LogP) is 4.45. The first kappa shape index (κ1) is 22.9. The van der Waals surface area contributed by atoms with E-state index in [1.807, 2.05) is 18.3 Å². The largest absolute Gasteiger partial charge is 0.463 e. The highest BCUT2D eigenvalue weighted by Crippen LogP contribution is 2.36. The molecule has 0 saturated heterocycles. The number of nitrogens with zero attached hydrogens (tertiary/aromatic N) is 1. The van der Waals surface area contributed by atoms with Gasteiger partial charge in [0.15, 0.2) is 5.13 Å². The molecular weight excluding hydrogens is 407 g/mol. The van der Waals surface area contributed by atoms with Gasteiger partial charge in [0, 0.05) is 6.42 Å². The molecule has 1 aromatic carbocycles. The van der Waals surface area contributed by atoms with Gasteiger partial charge in [0.2, 0.25) is 5.91 Å². The van der Waals surface area contributed by atoms with Crippen LogP contribution >= 0.6 is 11.3 Å². The first-order valence-electron chi connectivity index (χ1n) is 9.25. The lowest BCUT2D eigenvalue weighted by molar-refractivity contribution is -0.207. The zero-order chi connectivity index (χ0) is 21.8. The monoisotopic (exact) mass is 431 g/mol. The summed E-state index contributed by atoms with van der Waals surface area (Å²) in [6.07, 6.45) is -4.30. The molecule has 1 heterocycles. The summed E-state index contributed by atoms with van der Waals surface area (Å²) in [6.45, 7) is 6.59. The fraction of sp³-hybridized carbons (Fsp3) is 0.526. The van der Waals surface area contributed by atoms with Gasteiger partial charge in [-0.25, -0.2) is 9.78 Å². The molecule has 2 rings (SSSR count). The number of halogens is 3. The minimum absolute atomic E-state index is 0.144. The molecule has 1 atom stereocenters. The van der Waals surface area contributed by atoms with Crippen LogP contribution in [0.4, 0.5) is 18.3 Å². The van der Waals surface area contributed by atoms with Gasteiger partial charge < -0.3 is 15.4 Å². The van der Waals surface area contributed by atoms with E-state index in [1.54, 1.807) is 19.9 Å². The Morgan fingerprint density at radius 2 is 1.90 bits per heavy atom. The summed E-state index contributed by atoms with van der Waals surface area (Å²) in [5, 5.41) is 3.82. The van der Waals surface area contributed by atoms with Crippen molar-refractivity contribution in [1.29, 1.82) is 0 Å². The average molecular weight is 431 g/mol. The standard InChI is InChI=1S/C19H24F3N3O3S/c1-5-7-8-14(26)24-18(19(20,21)22,16(27)28-6-2)25-17-23-15-12(4)9-11(3)10-13(15)29-17/h9-10H,5-8H2,1-4H3,(H,23,25)(H,24,26)/t18-/m1/s1. The Labute approximate surface area is 170 Å². The van der Waals surface area contributed by atoms with Gasteiger partial charge in [0.1, 0.15) is 0 Å². The van der Waals surface area contributed by atoms with E-state index in [9.17, 15) is 22.8 Å². The zero-order valence-electron chi connectivity index (χ0n) is 16.7. The Morgan fingerprint density at radius 3 is 2.48 bits per heavy atom. The number of thiazole rings is 1. The number of carbonyl (C=O) groups is 2. The van der Waals surface area contributed by atoms with Crippen molar-refractivity contribution in [3.63, 3.8) is 0 Å². The van der Waals surface area contributed by atoms with Crippen LogP contribution in [-0.2, 0) is 14.3 Å². The molecule has 0 saturated carbocycles. The van der Waals surface area contributed by atoms with E-state index in [1.165, 1.54) is 6.92 Å². The Morgan fingerprint density at radius 1 is 1.21 bits per heavy atom. The molecule has 0 aliphatic heterocycles. The first-order chi connectivity index (χ1) is 13.5. The Bertz CT molecular complexity index is 898. The van der Waals surface area contributed by atoms with Gasteiger partial charge in [0.25, 0.3) is 0 Å². The molecule has 10 heteroatoms. The predicted molar refractivity (Wildman–Crippen MR) is 106 cm³/mol. The number of fused-ring (bicyclic) bond motifs is 1. The number of rotatable bonds is 8. The number of hydrogen-bond acceptors (Lipinski definition) is 6. The summed E-state index contributed by atoms with van der Waals surface area (Å²) < 4.78 is 47.7. The maximum absolute atomic E-state index is 14.1. The summed E-state index contributed by atoms with van der Waals surface area (Å²) in [5.41, 5.74) is -1.17. The molecule has 2 N–H and O–H groups in total. The second-order valence-electron chi connectivity index (χ2n) is 6.69. The van der Waals surface area contributed by atoms with E-state index in [-0.39, 0.29) is 18.2 Å². The van der Waals surface area contributed by atoms with Crippen LogP contribution in [0.15, 0.2) is 12.1 Å². The molecule has 2 aromatic rings. The maximum atomic E-state index is 14.1. The summed E-state index contributed by atoms with van der Waals surface area (Å²) in [5.74, 6) is -2.54. The van der Waals surface area contributed by atoms with E-state index in [0.717, 1.165) is 22.5 Å². The topological polar surface area (TPSA) is 80.3 Å². The highest BCUT2D eigenvalue weighted by atomic mass is 32.1. The van der Waals surface area contributed by atoms with Gasteiger partial charge >= 0.3 is 17.8 Å². The molecule has 160 valence electrons. The fourth-order valence-corrected chi connectivity index (χ4v) is 3.92. The number of benzene rings is 1. The van der Waals surface area contributed by atoms with Gasteiger partial charge in [-0.1, -0.05) is 30.7 Å². The van der Waals surface area contributed by atoms with Crippen LogP contribution in [0, 0.1) is 13.8 Å². The molecule has 0 aliphatic carbocycles. The van der Waals surface area contributed by atoms with E-state index in [4.69, 9.17) is 0 Å². The minimum atomic E-state index is -5.16. The van der Waals surface area contributed by atoms with Gasteiger partial charge in [-0.2, -0.15) is 13.2 Å².